The summed E-state index contributed by atoms with van der Waals surface area (Å²) < 4.78 is 5.69. The molecule has 3 aromatic rings. The van der Waals surface area contributed by atoms with Gasteiger partial charge in [-0.05, 0) is 60.9 Å². The summed E-state index contributed by atoms with van der Waals surface area (Å²) in [5, 5.41) is 6.46. The molecule has 2 aromatic carbocycles. The number of halogens is 1. The second-order valence-corrected chi connectivity index (χ2v) is 7.45. The fourth-order valence-electron chi connectivity index (χ4n) is 3.31. The van der Waals surface area contributed by atoms with Crippen LogP contribution in [0.4, 0.5) is 5.69 Å². The van der Waals surface area contributed by atoms with Crippen molar-refractivity contribution >= 4 is 29.1 Å². The Balaban J connectivity index is 1.45. The van der Waals surface area contributed by atoms with Crippen LogP contribution >= 0.6 is 11.6 Å². The molecule has 1 saturated heterocycles. The Morgan fingerprint density at radius 3 is 2.70 bits per heavy atom. The Hall–Kier alpha value is -3.38. The van der Waals surface area contributed by atoms with Crippen molar-refractivity contribution in [2.24, 2.45) is 0 Å². The summed E-state index contributed by atoms with van der Waals surface area (Å²) in [5.74, 6) is 0.596. The average Bonchev–Trinajstić information content (AvgIpc) is 2.76. The molecule has 0 saturated carbocycles. The molecule has 0 bridgehead atoms. The number of nitrogens with one attached hydrogen (secondary N) is 2. The van der Waals surface area contributed by atoms with Crippen molar-refractivity contribution in [3.8, 4) is 11.6 Å². The molecule has 1 unspecified atom stereocenters. The Kier molecular flexibility index (Phi) is 5.95. The Morgan fingerprint density at radius 1 is 1.10 bits per heavy atom. The minimum atomic E-state index is -0.346. The van der Waals surface area contributed by atoms with E-state index in [1.807, 2.05) is 18.2 Å². The number of piperidine rings is 1. The van der Waals surface area contributed by atoms with Crippen LogP contribution in [0.5, 0.6) is 11.6 Å². The van der Waals surface area contributed by atoms with Crippen molar-refractivity contribution in [2.45, 2.75) is 25.3 Å². The van der Waals surface area contributed by atoms with Crippen molar-refractivity contribution in [3.05, 3.63) is 83.0 Å². The Bertz CT molecular complexity index is 1070. The van der Waals surface area contributed by atoms with Gasteiger partial charge in [-0.1, -0.05) is 29.8 Å². The molecule has 2 amide bonds. The van der Waals surface area contributed by atoms with E-state index in [0.29, 0.717) is 28.8 Å². The van der Waals surface area contributed by atoms with Gasteiger partial charge in [0.05, 0.1) is 6.04 Å². The molecule has 7 heteroatoms. The molecule has 1 fully saturated rings. The van der Waals surface area contributed by atoms with Gasteiger partial charge in [0.25, 0.3) is 5.91 Å². The van der Waals surface area contributed by atoms with Crippen molar-refractivity contribution in [3.63, 3.8) is 0 Å². The summed E-state index contributed by atoms with van der Waals surface area (Å²) >= 11 is 5.88. The quantitative estimate of drug-likeness (QED) is 0.599. The van der Waals surface area contributed by atoms with Gasteiger partial charge in [0, 0.05) is 23.2 Å². The number of benzene rings is 2. The minimum absolute atomic E-state index is 0.0302. The van der Waals surface area contributed by atoms with Gasteiger partial charge in [-0.3, -0.25) is 9.59 Å². The third-order valence-electron chi connectivity index (χ3n) is 4.77. The average molecular weight is 422 g/mol. The lowest BCUT2D eigenvalue weighted by Gasteiger charge is -2.24. The Morgan fingerprint density at radius 2 is 1.90 bits per heavy atom. The van der Waals surface area contributed by atoms with E-state index < -0.39 is 0 Å². The molecular weight excluding hydrogens is 402 g/mol. The van der Waals surface area contributed by atoms with E-state index in [9.17, 15) is 9.59 Å². The lowest BCUT2D eigenvalue weighted by Crippen LogP contribution is -2.32. The topological polar surface area (TPSA) is 80.3 Å². The van der Waals surface area contributed by atoms with Crippen molar-refractivity contribution in [1.82, 2.24) is 10.3 Å². The second kappa shape index (κ2) is 8.97. The first kappa shape index (κ1) is 19.9. The lowest BCUT2D eigenvalue weighted by atomic mass is 9.97. The fraction of sp³-hybridized carbons (Fsp3) is 0.174. The van der Waals surface area contributed by atoms with Gasteiger partial charge in [-0.25, -0.2) is 4.98 Å². The number of aromatic nitrogens is 1. The number of carbonyl (C=O) groups is 2. The van der Waals surface area contributed by atoms with Crippen LogP contribution in [-0.2, 0) is 4.79 Å². The van der Waals surface area contributed by atoms with Crippen LogP contribution in [-0.4, -0.2) is 16.8 Å². The van der Waals surface area contributed by atoms with E-state index in [4.69, 9.17) is 16.3 Å². The molecule has 1 aliphatic heterocycles. The van der Waals surface area contributed by atoms with Gasteiger partial charge < -0.3 is 15.4 Å². The van der Waals surface area contributed by atoms with E-state index in [-0.39, 0.29) is 23.6 Å². The molecular formula is C23H20ClN3O3. The number of nitrogens with zero attached hydrogens (tertiary/aromatic N) is 1. The normalized spacial score (nSPS) is 15.9. The highest BCUT2D eigenvalue weighted by molar-refractivity contribution is 6.30. The lowest BCUT2D eigenvalue weighted by molar-refractivity contribution is -0.123. The summed E-state index contributed by atoms with van der Waals surface area (Å²) in [4.78, 5) is 28.6. The Labute approximate surface area is 179 Å². The number of rotatable bonds is 5. The van der Waals surface area contributed by atoms with Gasteiger partial charge in [-0.15, -0.1) is 0 Å². The third kappa shape index (κ3) is 4.96. The van der Waals surface area contributed by atoms with Gasteiger partial charge >= 0.3 is 0 Å². The van der Waals surface area contributed by atoms with Crippen LogP contribution in [0, 0.1) is 0 Å². The SMILES string of the molecule is O=C1CCCC(c2cccc(NC(=O)c3cccc(Oc4ccc(Cl)cc4)n3)c2)N1. The predicted octanol–water partition coefficient (Wildman–Crippen LogP) is 5.12. The van der Waals surface area contributed by atoms with E-state index >= 15 is 0 Å². The molecule has 152 valence electrons. The van der Waals surface area contributed by atoms with Gasteiger partial charge in [0.15, 0.2) is 0 Å². The molecule has 0 radical (unpaired) electrons. The van der Waals surface area contributed by atoms with E-state index in [1.54, 1.807) is 48.5 Å². The highest BCUT2D eigenvalue weighted by Crippen LogP contribution is 2.26. The van der Waals surface area contributed by atoms with E-state index in [1.165, 1.54) is 0 Å². The van der Waals surface area contributed by atoms with Crippen LogP contribution in [0.2, 0.25) is 5.02 Å². The number of anilines is 1. The van der Waals surface area contributed by atoms with Crippen molar-refractivity contribution in [1.29, 1.82) is 0 Å². The first-order valence-corrected chi connectivity index (χ1v) is 10.1. The van der Waals surface area contributed by atoms with E-state index in [2.05, 4.69) is 15.6 Å². The molecule has 0 spiro atoms. The van der Waals surface area contributed by atoms with Gasteiger partial charge in [-0.2, -0.15) is 0 Å². The van der Waals surface area contributed by atoms with Gasteiger partial charge in [0.2, 0.25) is 11.8 Å². The predicted molar refractivity (Wildman–Crippen MR) is 115 cm³/mol. The first-order valence-electron chi connectivity index (χ1n) is 9.68. The zero-order valence-corrected chi connectivity index (χ0v) is 16.9. The van der Waals surface area contributed by atoms with Crippen LogP contribution in [0.3, 0.4) is 0 Å². The largest absolute Gasteiger partial charge is 0.439 e. The number of ether oxygens (including phenoxy) is 1. The zero-order valence-electron chi connectivity index (χ0n) is 16.1. The minimum Gasteiger partial charge on any atom is -0.439 e. The smallest absolute Gasteiger partial charge is 0.274 e. The molecule has 4 rings (SSSR count). The van der Waals surface area contributed by atoms with Crippen LogP contribution in [0.15, 0.2) is 66.7 Å². The maximum atomic E-state index is 12.7. The van der Waals surface area contributed by atoms with Gasteiger partial charge in [0.1, 0.15) is 11.4 Å². The molecule has 1 aliphatic rings. The summed E-state index contributed by atoms with van der Waals surface area (Å²) in [6, 6.07) is 19.4. The molecule has 1 atom stereocenters. The third-order valence-corrected chi connectivity index (χ3v) is 5.02. The number of amides is 2. The fourth-order valence-corrected chi connectivity index (χ4v) is 3.43. The molecule has 0 aliphatic carbocycles. The maximum absolute atomic E-state index is 12.7. The number of hydrogen-bond donors (Lipinski definition) is 2. The summed E-state index contributed by atoms with van der Waals surface area (Å²) in [6.07, 6.45) is 2.30. The van der Waals surface area contributed by atoms with Crippen LogP contribution < -0.4 is 15.4 Å². The highest BCUT2D eigenvalue weighted by atomic mass is 35.5. The van der Waals surface area contributed by atoms with Crippen LogP contribution in [0.1, 0.15) is 41.4 Å². The molecule has 2 N–H and O–H groups in total. The maximum Gasteiger partial charge on any atom is 0.274 e. The first-order chi connectivity index (χ1) is 14.6. The standard InChI is InChI=1S/C23H20ClN3O3/c24-16-10-12-18(13-11-16)30-22-9-3-7-20(27-22)23(29)25-17-5-1-4-15(14-17)19-6-2-8-21(28)26-19/h1,3-5,7,9-14,19H,2,6,8H2,(H,25,29)(H,26,28). The number of carbonyl (C=O) groups excluding carboxylic acids is 2. The second-order valence-electron chi connectivity index (χ2n) is 7.01. The summed E-state index contributed by atoms with van der Waals surface area (Å²) in [5.41, 5.74) is 1.84. The van der Waals surface area contributed by atoms with E-state index in [0.717, 1.165) is 18.4 Å². The zero-order chi connectivity index (χ0) is 20.9. The van der Waals surface area contributed by atoms with Crippen molar-refractivity contribution in [2.75, 3.05) is 5.32 Å². The molecule has 6 nitrogen and oxygen atoms in total. The number of hydrogen-bond acceptors (Lipinski definition) is 4. The van der Waals surface area contributed by atoms with Crippen LogP contribution in [0.25, 0.3) is 0 Å². The monoisotopic (exact) mass is 421 g/mol. The molecule has 30 heavy (non-hydrogen) atoms. The number of pyridine rings is 1. The summed E-state index contributed by atoms with van der Waals surface area (Å²) in [6.45, 7) is 0. The van der Waals surface area contributed by atoms with Crippen molar-refractivity contribution < 1.29 is 14.3 Å². The summed E-state index contributed by atoms with van der Waals surface area (Å²) in [7, 11) is 0. The molecule has 1 aromatic heterocycles. The highest BCUT2D eigenvalue weighted by Gasteiger charge is 2.20. The molecule has 2 heterocycles.